The summed E-state index contributed by atoms with van der Waals surface area (Å²) in [5.74, 6) is -1.74. The molecule has 0 aliphatic carbocycles. The third-order valence-corrected chi connectivity index (χ3v) is 4.34. The summed E-state index contributed by atoms with van der Waals surface area (Å²) in [6.07, 6.45) is 1.71. The van der Waals surface area contributed by atoms with Crippen molar-refractivity contribution in [1.82, 2.24) is 10.3 Å². The van der Waals surface area contributed by atoms with Gasteiger partial charge in [0.15, 0.2) is 0 Å². The van der Waals surface area contributed by atoms with Gasteiger partial charge in [-0.1, -0.05) is 61.5 Å². The second-order valence-electron chi connectivity index (χ2n) is 5.83. The number of hydrazone groups is 1. The molecular weight excluding hydrogens is 334 g/mol. The Kier molecular flexibility index (Phi) is 4.53. The van der Waals surface area contributed by atoms with Crippen LogP contribution < -0.4 is 10.4 Å². The summed E-state index contributed by atoms with van der Waals surface area (Å²) in [5, 5.41) is 18.3. The van der Waals surface area contributed by atoms with E-state index in [0.29, 0.717) is 17.5 Å². The van der Waals surface area contributed by atoms with Crippen molar-refractivity contribution in [2.24, 2.45) is 5.10 Å². The molecule has 7 nitrogen and oxygen atoms in total. The maximum absolute atomic E-state index is 12.9. The predicted molar refractivity (Wildman–Crippen MR) is 92.2 cm³/mol. The molecule has 0 spiro atoms. The van der Waals surface area contributed by atoms with E-state index in [4.69, 9.17) is 0 Å². The maximum Gasteiger partial charge on any atom is 0.346 e. The Morgan fingerprint density at radius 1 is 1.15 bits per heavy atom. The van der Waals surface area contributed by atoms with E-state index in [2.05, 4.69) is 10.4 Å². The first-order valence-electron chi connectivity index (χ1n) is 8.05. The number of rotatable bonds is 5. The van der Waals surface area contributed by atoms with Crippen LogP contribution in [0.4, 0.5) is 4.79 Å². The van der Waals surface area contributed by atoms with Gasteiger partial charge in [0.25, 0.3) is 5.91 Å². The van der Waals surface area contributed by atoms with Gasteiger partial charge in [0.05, 0.1) is 12.2 Å². The zero-order valence-electron chi connectivity index (χ0n) is 14.0. The number of carbonyl (C=O) groups is 3. The van der Waals surface area contributed by atoms with Crippen LogP contribution in [0.2, 0.25) is 0 Å². The Hall–Kier alpha value is -3.48. The van der Waals surface area contributed by atoms with Crippen LogP contribution in [0, 0.1) is 0 Å². The van der Waals surface area contributed by atoms with Gasteiger partial charge in [-0.05, 0) is 23.1 Å². The number of benzene rings is 2. The molecule has 2 aromatic rings. The molecule has 1 N–H and O–H groups in total. The van der Waals surface area contributed by atoms with Crippen molar-refractivity contribution < 1.29 is 19.5 Å². The van der Waals surface area contributed by atoms with Gasteiger partial charge in [-0.15, -0.1) is 5.01 Å². The van der Waals surface area contributed by atoms with E-state index in [1.54, 1.807) is 24.3 Å². The second kappa shape index (κ2) is 6.79. The minimum atomic E-state index is -1.28. The number of carboxylic acid groups (broad SMARTS) is 1. The Labute approximate surface area is 149 Å². The molecule has 1 aliphatic heterocycles. The molecule has 0 radical (unpaired) electrons. The molecule has 1 atom stereocenters. The third-order valence-electron chi connectivity index (χ3n) is 4.34. The van der Waals surface area contributed by atoms with Crippen LogP contribution in [0.1, 0.15) is 34.8 Å². The van der Waals surface area contributed by atoms with Gasteiger partial charge < -0.3 is 15.2 Å². The molecule has 0 unspecified atom stereocenters. The minimum Gasteiger partial charge on any atom is -0.545 e. The number of nitrogens with one attached hydrogen (secondary N) is 1. The lowest BCUT2D eigenvalue weighted by Crippen LogP contribution is -2.43. The fourth-order valence-electron chi connectivity index (χ4n) is 2.86. The van der Waals surface area contributed by atoms with E-state index in [-0.39, 0.29) is 5.56 Å². The monoisotopic (exact) mass is 350 g/mol. The highest BCUT2D eigenvalue weighted by Gasteiger charge is 2.51. The number of imide groups is 1. The molecule has 3 rings (SSSR count). The van der Waals surface area contributed by atoms with Crippen molar-refractivity contribution in [2.75, 3.05) is 0 Å². The third kappa shape index (κ3) is 2.95. The average Bonchev–Trinajstić information content (AvgIpc) is 2.91. The number of hydrogen-bond acceptors (Lipinski definition) is 5. The largest absolute Gasteiger partial charge is 0.545 e. The average molecular weight is 350 g/mol. The molecule has 3 amide bonds. The quantitative estimate of drug-likeness (QED) is 0.647. The van der Waals surface area contributed by atoms with Crippen LogP contribution in [-0.4, -0.2) is 29.1 Å². The predicted octanol–water partition coefficient (Wildman–Crippen LogP) is 1.24. The van der Waals surface area contributed by atoms with Gasteiger partial charge in [-0.2, -0.15) is 5.10 Å². The van der Waals surface area contributed by atoms with Gasteiger partial charge >= 0.3 is 6.03 Å². The van der Waals surface area contributed by atoms with Crippen molar-refractivity contribution >= 4 is 24.1 Å². The highest BCUT2D eigenvalue weighted by atomic mass is 16.4. The number of amides is 3. The Balaban J connectivity index is 1.86. The molecule has 7 heteroatoms. The van der Waals surface area contributed by atoms with Crippen LogP contribution in [0.5, 0.6) is 0 Å². The maximum atomic E-state index is 12.9. The normalized spacial score (nSPS) is 19.8. The van der Waals surface area contributed by atoms with E-state index >= 15 is 0 Å². The second-order valence-corrected chi connectivity index (χ2v) is 5.83. The van der Waals surface area contributed by atoms with E-state index in [1.165, 1.54) is 30.5 Å². The lowest BCUT2D eigenvalue weighted by molar-refractivity contribution is -0.255. The van der Waals surface area contributed by atoms with Crippen molar-refractivity contribution in [3.63, 3.8) is 0 Å². The number of hydrogen-bond donors (Lipinski definition) is 1. The zero-order chi connectivity index (χ0) is 18.7. The molecule has 1 aliphatic rings. The molecular formula is C19H16N3O4-. The van der Waals surface area contributed by atoms with Crippen LogP contribution in [0.15, 0.2) is 59.7 Å². The van der Waals surface area contributed by atoms with Crippen LogP contribution in [0.25, 0.3) is 0 Å². The summed E-state index contributed by atoms with van der Waals surface area (Å²) in [4.78, 5) is 35.9. The van der Waals surface area contributed by atoms with Crippen molar-refractivity contribution in [2.45, 2.75) is 18.9 Å². The smallest absolute Gasteiger partial charge is 0.346 e. The fraction of sp³-hybridized carbons (Fsp3) is 0.158. The van der Waals surface area contributed by atoms with E-state index < -0.39 is 23.4 Å². The summed E-state index contributed by atoms with van der Waals surface area (Å²) in [6.45, 7) is 1.82. The zero-order valence-corrected chi connectivity index (χ0v) is 14.0. The highest BCUT2D eigenvalue weighted by Crippen LogP contribution is 2.32. The van der Waals surface area contributed by atoms with Crippen LogP contribution in [0.3, 0.4) is 0 Å². The summed E-state index contributed by atoms with van der Waals surface area (Å²) in [5.41, 5.74) is 0.126. The summed E-state index contributed by atoms with van der Waals surface area (Å²) in [6, 6.07) is 14.2. The first kappa shape index (κ1) is 17.3. The number of aromatic carboxylic acids is 1. The lowest BCUT2D eigenvalue weighted by atomic mass is 9.87. The number of carboxylic acids is 1. The molecule has 2 aromatic carbocycles. The Morgan fingerprint density at radius 3 is 2.38 bits per heavy atom. The van der Waals surface area contributed by atoms with Crippen molar-refractivity contribution in [3.05, 3.63) is 71.3 Å². The van der Waals surface area contributed by atoms with E-state index in [9.17, 15) is 19.5 Å². The number of carbonyl (C=O) groups excluding carboxylic acids is 3. The summed E-state index contributed by atoms with van der Waals surface area (Å²) in [7, 11) is 0. The standard InChI is InChI=1S/C19H17N3O4/c1-2-19(15-6-4-3-5-7-15)17(25)22(18(26)21-19)20-12-13-8-10-14(11-9-13)16(23)24/h3-12H,2H2,1H3,(H,21,26)(H,23,24)/p-1/b20-12-/t19-/m1/s1. The molecule has 1 fully saturated rings. The Bertz CT molecular complexity index is 877. The molecule has 132 valence electrons. The SMILES string of the molecule is CC[C@]1(c2ccccc2)NC(=O)N(/N=C\c2ccc(C(=O)[O-])cc2)C1=O. The molecule has 0 aromatic heterocycles. The van der Waals surface area contributed by atoms with Gasteiger partial charge in [0.2, 0.25) is 0 Å². The minimum absolute atomic E-state index is 0.0335. The number of urea groups is 1. The van der Waals surface area contributed by atoms with Gasteiger partial charge in [-0.25, -0.2) is 4.79 Å². The molecule has 1 heterocycles. The topological polar surface area (TPSA) is 102 Å². The molecule has 1 saturated heterocycles. The molecule has 0 saturated carbocycles. The van der Waals surface area contributed by atoms with E-state index in [1.807, 2.05) is 13.0 Å². The summed E-state index contributed by atoms with van der Waals surface area (Å²) >= 11 is 0. The number of nitrogens with zero attached hydrogens (tertiary/aromatic N) is 2. The molecule has 0 bridgehead atoms. The van der Waals surface area contributed by atoms with Gasteiger partial charge in [-0.3, -0.25) is 4.79 Å². The van der Waals surface area contributed by atoms with Gasteiger partial charge in [0.1, 0.15) is 5.54 Å². The lowest BCUT2D eigenvalue weighted by Gasteiger charge is -2.24. The first-order valence-corrected chi connectivity index (χ1v) is 8.05. The first-order chi connectivity index (χ1) is 12.5. The van der Waals surface area contributed by atoms with E-state index in [0.717, 1.165) is 5.01 Å². The fourth-order valence-corrected chi connectivity index (χ4v) is 2.86. The van der Waals surface area contributed by atoms with Crippen molar-refractivity contribution in [1.29, 1.82) is 0 Å². The van der Waals surface area contributed by atoms with Gasteiger partial charge in [0, 0.05) is 0 Å². The van der Waals surface area contributed by atoms with Crippen LogP contribution in [-0.2, 0) is 10.3 Å². The summed E-state index contributed by atoms with van der Waals surface area (Å²) < 4.78 is 0. The van der Waals surface area contributed by atoms with Crippen LogP contribution >= 0.6 is 0 Å². The Morgan fingerprint density at radius 2 is 1.81 bits per heavy atom. The molecule has 26 heavy (non-hydrogen) atoms. The van der Waals surface area contributed by atoms with Crippen molar-refractivity contribution in [3.8, 4) is 0 Å². The highest BCUT2D eigenvalue weighted by molar-refractivity contribution is 6.07.